The van der Waals surface area contributed by atoms with Crippen LogP contribution in [0.15, 0.2) is 36.7 Å². The summed E-state index contributed by atoms with van der Waals surface area (Å²) in [5.74, 6) is 1.17. The Hall–Kier alpha value is -2.63. The van der Waals surface area contributed by atoms with Gasteiger partial charge >= 0.3 is 0 Å². The maximum absolute atomic E-state index is 12.2. The highest BCUT2D eigenvalue weighted by Crippen LogP contribution is 2.17. The molecule has 0 saturated carbocycles. The van der Waals surface area contributed by atoms with Gasteiger partial charge in [0.05, 0.1) is 12.7 Å². The number of carbonyl (C=O) groups is 1. The van der Waals surface area contributed by atoms with Crippen LogP contribution in [0.25, 0.3) is 0 Å². The third kappa shape index (κ3) is 3.72. The third-order valence-electron chi connectivity index (χ3n) is 3.30. The van der Waals surface area contributed by atoms with E-state index in [4.69, 9.17) is 4.74 Å². The van der Waals surface area contributed by atoms with Gasteiger partial charge in [0.2, 0.25) is 5.95 Å². The predicted molar refractivity (Wildman–Crippen MR) is 85.6 cm³/mol. The minimum Gasteiger partial charge on any atom is -0.497 e. The Balaban J connectivity index is 2.06. The molecule has 0 spiro atoms. The Morgan fingerprint density at radius 2 is 1.73 bits per heavy atom. The highest BCUT2D eigenvalue weighted by molar-refractivity contribution is 5.93. The summed E-state index contributed by atoms with van der Waals surface area (Å²) in [7, 11) is 1.62. The lowest BCUT2D eigenvalue weighted by Gasteiger charge is -2.18. The number of ether oxygens (including phenoxy) is 1. The molecular weight excluding hydrogens is 280 g/mol. The van der Waals surface area contributed by atoms with Crippen molar-refractivity contribution in [3.05, 3.63) is 42.2 Å². The number of amides is 1. The van der Waals surface area contributed by atoms with Crippen LogP contribution in [0.2, 0.25) is 0 Å². The maximum Gasteiger partial charge on any atom is 0.256 e. The normalized spacial score (nSPS) is 10.1. The van der Waals surface area contributed by atoms with E-state index in [1.54, 1.807) is 24.4 Å². The molecule has 6 nitrogen and oxygen atoms in total. The van der Waals surface area contributed by atoms with Crippen LogP contribution in [0.1, 0.15) is 24.2 Å². The van der Waals surface area contributed by atoms with Gasteiger partial charge in [-0.2, -0.15) is 0 Å². The lowest BCUT2D eigenvalue weighted by atomic mass is 10.3. The van der Waals surface area contributed by atoms with Crippen molar-refractivity contribution in [2.45, 2.75) is 13.8 Å². The molecule has 0 aliphatic carbocycles. The number of hydrogen-bond donors (Lipinski definition) is 1. The number of benzene rings is 1. The van der Waals surface area contributed by atoms with E-state index >= 15 is 0 Å². The molecule has 22 heavy (non-hydrogen) atoms. The summed E-state index contributed by atoms with van der Waals surface area (Å²) in [5, 5.41) is 3.08. The first-order valence-corrected chi connectivity index (χ1v) is 7.20. The van der Waals surface area contributed by atoms with E-state index in [0.717, 1.165) is 11.4 Å². The van der Waals surface area contributed by atoms with Gasteiger partial charge in [0, 0.05) is 31.2 Å². The molecule has 1 amide bonds. The predicted octanol–water partition coefficient (Wildman–Crippen LogP) is 2.71. The van der Waals surface area contributed by atoms with E-state index in [-0.39, 0.29) is 5.91 Å². The average molecular weight is 300 g/mol. The summed E-state index contributed by atoms with van der Waals surface area (Å²) in [6.07, 6.45) is 3.08. The van der Waals surface area contributed by atoms with Crippen LogP contribution >= 0.6 is 0 Å². The quantitative estimate of drug-likeness (QED) is 0.888. The Kier molecular flexibility index (Phi) is 5.30. The van der Waals surface area contributed by atoms with Gasteiger partial charge in [-0.05, 0) is 38.1 Å². The number of rotatable bonds is 6. The molecule has 0 aliphatic heterocycles. The van der Waals surface area contributed by atoms with Crippen LogP contribution in [0.5, 0.6) is 5.75 Å². The number of methoxy groups -OCH3 is 1. The van der Waals surface area contributed by atoms with Gasteiger partial charge < -0.3 is 15.0 Å². The van der Waals surface area contributed by atoms with Crippen LogP contribution in [-0.4, -0.2) is 41.0 Å². The van der Waals surface area contributed by atoms with Crippen molar-refractivity contribution in [2.24, 2.45) is 0 Å². The smallest absolute Gasteiger partial charge is 0.256 e. The standard InChI is InChI=1S/C16H20N4O2/c1-4-20(5-2)15(21)12-10-17-16(18-11-12)19-13-6-8-14(22-3)9-7-13/h6-11H,4-5H2,1-3H3,(H,17,18,19). The Morgan fingerprint density at radius 1 is 1.14 bits per heavy atom. The Morgan fingerprint density at radius 3 is 2.23 bits per heavy atom. The van der Waals surface area contributed by atoms with E-state index in [1.807, 2.05) is 38.1 Å². The van der Waals surface area contributed by atoms with E-state index in [1.165, 1.54) is 0 Å². The van der Waals surface area contributed by atoms with E-state index in [9.17, 15) is 4.79 Å². The number of nitrogens with one attached hydrogen (secondary N) is 1. The second-order valence-electron chi connectivity index (χ2n) is 4.63. The van der Waals surface area contributed by atoms with Gasteiger partial charge in [0.15, 0.2) is 0 Å². The molecule has 1 N–H and O–H groups in total. The van der Waals surface area contributed by atoms with Crippen LogP contribution in [-0.2, 0) is 0 Å². The second kappa shape index (κ2) is 7.40. The molecule has 0 bridgehead atoms. The van der Waals surface area contributed by atoms with Crippen LogP contribution in [0, 0.1) is 0 Å². The van der Waals surface area contributed by atoms with Crippen molar-refractivity contribution < 1.29 is 9.53 Å². The molecule has 2 rings (SSSR count). The van der Waals surface area contributed by atoms with Gasteiger partial charge in [0.1, 0.15) is 5.75 Å². The summed E-state index contributed by atoms with van der Waals surface area (Å²) in [5.41, 5.74) is 1.34. The minimum absolute atomic E-state index is 0.0546. The molecule has 1 aromatic carbocycles. The topological polar surface area (TPSA) is 67.4 Å². The molecule has 0 radical (unpaired) electrons. The van der Waals surface area contributed by atoms with Crippen molar-refractivity contribution in [2.75, 3.05) is 25.5 Å². The van der Waals surface area contributed by atoms with E-state index < -0.39 is 0 Å². The van der Waals surface area contributed by atoms with Crippen molar-refractivity contribution in [3.63, 3.8) is 0 Å². The first kappa shape index (κ1) is 15.8. The number of nitrogens with zero attached hydrogens (tertiary/aromatic N) is 3. The molecule has 1 heterocycles. The third-order valence-corrected chi connectivity index (χ3v) is 3.30. The summed E-state index contributed by atoms with van der Waals surface area (Å²) in [6, 6.07) is 7.44. The first-order chi connectivity index (χ1) is 10.7. The highest BCUT2D eigenvalue weighted by atomic mass is 16.5. The molecule has 0 aliphatic rings. The SMILES string of the molecule is CCN(CC)C(=O)c1cnc(Nc2ccc(OC)cc2)nc1. The molecule has 0 atom stereocenters. The van der Waals surface area contributed by atoms with Gasteiger partial charge in [0.25, 0.3) is 5.91 Å². The van der Waals surface area contributed by atoms with Gasteiger partial charge in [-0.25, -0.2) is 9.97 Å². The molecule has 1 aromatic heterocycles. The molecule has 0 saturated heterocycles. The summed E-state index contributed by atoms with van der Waals surface area (Å²) in [6.45, 7) is 5.23. The zero-order chi connectivity index (χ0) is 15.9. The molecule has 0 unspecified atom stereocenters. The number of hydrogen-bond acceptors (Lipinski definition) is 5. The number of aromatic nitrogens is 2. The molecule has 0 fully saturated rings. The molecule has 2 aromatic rings. The van der Waals surface area contributed by atoms with Gasteiger partial charge in [-0.1, -0.05) is 0 Å². The number of carbonyl (C=O) groups excluding carboxylic acids is 1. The minimum atomic E-state index is -0.0546. The van der Waals surface area contributed by atoms with Gasteiger partial charge in [-0.15, -0.1) is 0 Å². The van der Waals surface area contributed by atoms with Crippen molar-refractivity contribution >= 4 is 17.5 Å². The average Bonchev–Trinajstić information content (AvgIpc) is 2.57. The lowest BCUT2D eigenvalue weighted by Crippen LogP contribution is -2.30. The maximum atomic E-state index is 12.2. The highest BCUT2D eigenvalue weighted by Gasteiger charge is 2.13. The fourth-order valence-corrected chi connectivity index (χ4v) is 2.00. The fourth-order valence-electron chi connectivity index (χ4n) is 2.00. The van der Waals surface area contributed by atoms with Crippen molar-refractivity contribution in [3.8, 4) is 5.75 Å². The summed E-state index contributed by atoms with van der Waals surface area (Å²) < 4.78 is 5.10. The zero-order valence-corrected chi connectivity index (χ0v) is 13.0. The molecular formula is C16H20N4O2. The molecule has 116 valence electrons. The molecule has 6 heteroatoms. The van der Waals surface area contributed by atoms with Crippen LogP contribution in [0.3, 0.4) is 0 Å². The Labute approximate surface area is 130 Å². The van der Waals surface area contributed by atoms with Crippen LogP contribution in [0.4, 0.5) is 11.6 Å². The Bertz CT molecular complexity index is 607. The van der Waals surface area contributed by atoms with E-state index in [2.05, 4.69) is 15.3 Å². The van der Waals surface area contributed by atoms with Gasteiger partial charge in [-0.3, -0.25) is 4.79 Å². The largest absolute Gasteiger partial charge is 0.497 e. The van der Waals surface area contributed by atoms with Crippen LogP contribution < -0.4 is 10.1 Å². The monoisotopic (exact) mass is 300 g/mol. The summed E-state index contributed by atoms with van der Waals surface area (Å²) in [4.78, 5) is 22.3. The lowest BCUT2D eigenvalue weighted by molar-refractivity contribution is 0.0772. The first-order valence-electron chi connectivity index (χ1n) is 7.20. The second-order valence-corrected chi connectivity index (χ2v) is 4.63. The number of anilines is 2. The van der Waals surface area contributed by atoms with Crippen molar-refractivity contribution in [1.82, 2.24) is 14.9 Å². The zero-order valence-electron chi connectivity index (χ0n) is 13.0. The van der Waals surface area contributed by atoms with E-state index in [0.29, 0.717) is 24.6 Å². The fraction of sp³-hybridized carbons (Fsp3) is 0.312. The van der Waals surface area contributed by atoms with Crippen molar-refractivity contribution in [1.29, 1.82) is 0 Å². The summed E-state index contributed by atoms with van der Waals surface area (Å²) >= 11 is 0.